The van der Waals surface area contributed by atoms with E-state index in [-0.39, 0.29) is 45.2 Å². The number of esters is 4. The minimum Gasteiger partial charge on any atom is -0.481 e. The summed E-state index contributed by atoms with van der Waals surface area (Å²) in [6.45, 7) is 22.0. The van der Waals surface area contributed by atoms with Crippen LogP contribution in [-0.4, -0.2) is 130 Å². The molecular weight excluding hydrogens is 634 g/mol. The van der Waals surface area contributed by atoms with E-state index < -0.39 is 63.7 Å². The van der Waals surface area contributed by atoms with Gasteiger partial charge >= 0.3 is 29.8 Å². The molecule has 2 fully saturated rings. The summed E-state index contributed by atoms with van der Waals surface area (Å²) in [6.07, 6.45) is 1.81. The summed E-state index contributed by atoms with van der Waals surface area (Å²) in [7, 11) is 0. The Bertz CT molecular complexity index is 1100. The molecule has 2 rings (SSSR count). The fraction of sp³-hybridized carbons (Fsp3) is 0.861. The molecule has 0 atom stereocenters. The standard InChI is InChI=1S/C36H63N3O10/c1-32(2,3)46-27(40)19-37-17-18-38(20-28(41)47-33(4,5)6)24-36(23-37,26-15-13-25(14-16-26)31(44)45)39(21-29(42)48-34(7,8)9)22-30(43)49-35(10,11)12/h25-26H,13-24H2,1-12H3,(H,44,45)/t25-,26-. The molecule has 1 heterocycles. The SMILES string of the molecule is CC(C)(C)OC(=O)CN1CCN(CC(=O)OC(C)(C)C)CC([C@H]2CC[C@H](C(=O)O)CC2)(N(CC(=O)OC(C)(C)C)CC(=O)OC(C)(C)C)C1. The molecule has 1 aliphatic carbocycles. The number of carboxylic acids is 1. The minimum absolute atomic E-state index is 0.0590. The van der Waals surface area contributed by atoms with E-state index in [1.54, 1.807) is 88.0 Å². The van der Waals surface area contributed by atoms with Crippen LogP contribution in [0.2, 0.25) is 0 Å². The second-order valence-electron chi connectivity index (χ2n) is 17.6. The van der Waals surface area contributed by atoms with Gasteiger partial charge in [-0.1, -0.05) is 0 Å². The lowest BCUT2D eigenvalue weighted by Crippen LogP contribution is -2.66. The van der Waals surface area contributed by atoms with E-state index in [9.17, 15) is 29.1 Å². The summed E-state index contributed by atoms with van der Waals surface area (Å²) < 4.78 is 22.9. The minimum atomic E-state index is -1.02. The van der Waals surface area contributed by atoms with Gasteiger partial charge in [-0.2, -0.15) is 0 Å². The molecule has 0 aromatic carbocycles. The first-order valence-electron chi connectivity index (χ1n) is 17.5. The number of carboxylic acid groups (broad SMARTS) is 1. The van der Waals surface area contributed by atoms with Gasteiger partial charge in [0.25, 0.3) is 0 Å². The molecule has 0 aromatic heterocycles. The van der Waals surface area contributed by atoms with Crippen LogP contribution in [0.25, 0.3) is 0 Å². The highest BCUT2D eigenvalue weighted by atomic mass is 16.6. The van der Waals surface area contributed by atoms with Crippen molar-refractivity contribution in [2.24, 2.45) is 11.8 Å². The molecule has 1 aliphatic heterocycles. The molecule has 49 heavy (non-hydrogen) atoms. The Morgan fingerprint density at radius 1 is 0.592 bits per heavy atom. The van der Waals surface area contributed by atoms with Crippen molar-refractivity contribution in [1.29, 1.82) is 0 Å². The second kappa shape index (κ2) is 16.5. The fourth-order valence-electron chi connectivity index (χ4n) is 6.67. The van der Waals surface area contributed by atoms with Gasteiger partial charge < -0.3 is 24.1 Å². The van der Waals surface area contributed by atoms with Gasteiger partial charge in [0, 0.05) is 26.2 Å². The monoisotopic (exact) mass is 697 g/mol. The highest BCUT2D eigenvalue weighted by Crippen LogP contribution is 2.41. The molecule has 0 spiro atoms. The fourth-order valence-corrected chi connectivity index (χ4v) is 6.67. The topological polar surface area (TPSA) is 152 Å². The molecule has 282 valence electrons. The van der Waals surface area contributed by atoms with Gasteiger partial charge in [-0.05, 0) is 115 Å². The first-order chi connectivity index (χ1) is 22.2. The Morgan fingerprint density at radius 3 is 1.22 bits per heavy atom. The number of aliphatic carboxylic acids is 1. The van der Waals surface area contributed by atoms with Crippen molar-refractivity contribution in [3.05, 3.63) is 0 Å². The van der Waals surface area contributed by atoms with Gasteiger partial charge in [0.2, 0.25) is 0 Å². The number of hydrogen-bond acceptors (Lipinski definition) is 12. The number of carbonyl (C=O) groups is 5. The summed E-state index contributed by atoms with van der Waals surface area (Å²) in [5.74, 6) is -3.53. The summed E-state index contributed by atoms with van der Waals surface area (Å²) in [6, 6.07) is 0. The lowest BCUT2D eigenvalue weighted by atomic mass is 9.70. The van der Waals surface area contributed by atoms with E-state index in [4.69, 9.17) is 18.9 Å². The summed E-state index contributed by atoms with van der Waals surface area (Å²) >= 11 is 0. The molecule has 2 aliphatic rings. The average molecular weight is 698 g/mol. The maximum absolute atomic E-state index is 13.6. The normalized spacial score (nSPS) is 21.4. The summed E-state index contributed by atoms with van der Waals surface area (Å²) in [5, 5.41) is 9.82. The van der Waals surface area contributed by atoms with Crippen LogP contribution in [0.15, 0.2) is 0 Å². The van der Waals surface area contributed by atoms with Crippen molar-refractivity contribution < 1.29 is 48.0 Å². The molecular formula is C36H63N3O10. The van der Waals surface area contributed by atoms with Gasteiger partial charge in [0.15, 0.2) is 0 Å². The zero-order chi connectivity index (χ0) is 37.6. The predicted molar refractivity (Wildman–Crippen MR) is 184 cm³/mol. The predicted octanol–water partition coefficient (Wildman–Crippen LogP) is 3.90. The summed E-state index contributed by atoms with van der Waals surface area (Å²) in [4.78, 5) is 71.3. The van der Waals surface area contributed by atoms with E-state index in [1.165, 1.54) is 0 Å². The van der Waals surface area contributed by atoms with Crippen LogP contribution in [0.5, 0.6) is 0 Å². The smallest absolute Gasteiger partial charge is 0.320 e. The maximum atomic E-state index is 13.6. The Labute approximate surface area is 293 Å². The van der Waals surface area contributed by atoms with Gasteiger partial charge in [0.1, 0.15) is 22.4 Å². The first kappa shape index (κ1) is 42.4. The van der Waals surface area contributed by atoms with Crippen LogP contribution in [0.1, 0.15) is 109 Å². The van der Waals surface area contributed by atoms with E-state index in [0.29, 0.717) is 38.8 Å². The van der Waals surface area contributed by atoms with Crippen molar-refractivity contribution in [3.8, 4) is 0 Å². The molecule has 1 saturated carbocycles. The van der Waals surface area contributed by atoms with Gasteiger partial charge in [-0.25, -0.2) is 0 Å². The molecule has 13 nitrogen and oxygen atoms in total. The van der Waals surface area contributed by atoms with E-state index in [1.807, 2.05) is 9.80 Å². The van der Waals surface area contributed by atoms with Crippen LogP contribution in [-0.2, 0) is 42.9 Å². The molecule has 1 N–H and O–H groups in total. The van der Waals surface area contributed by atoms with Crippen LogP contribution in [0.3, 0.4) is 0 Å². The van der Waals surface area contributed by atoms with Gasteiger partial charge in [-0.15, -0.1) is 0 Å². The second-order valence-corrected chi connectivity index (χ2v) is 17.6. The van der Waals surface area contributed by atoms with Crippen molar-refractivity contribution >= 4 is 29.8 Å². The van der Waals surface area contributed by atoms with Crippen molar-refractivity contribution in [3.63, 3.8) is 0 Å². The number of carbonyl (C=O) groups excluding carboxylic acids is 4. The van der Waals surface area contributed by atoms with Gasteiger partial charge in [-0.3, -0.25) is 38.7 Å². The zero-order valence-corrected chi connectivity index (χ0v) is 32.1. The number of nitrogens with zero attached hydrogens (tertiary/aromatic N) is 3. The molecule has 0 bridgehead atoms. The van der Waals surface area contributed by atoms with E-state index >= 15 is 0 Å². The zero-order valence-electron chi connectivity index (χ0n) is 32.1. The third-order valence-corrected chi connectivity index (χ3v) is 8.22. The van der Waals surface area contributed by atoms with Crippen molar-refractivity contribution in [2.45, 2.75) is 137 Å². The Balaban J connectivity index is 2.73. The summed E-state index contributed by atoms with van der Waals surface area (Å²) in [5.41, 5.74) is -4.03. The number of hydrogen-bond donors (Lipinski definition) is 1. The number of ether oxygens (including phenoxy) is 4. The lowest BCUT2D eigenvalue weighted by molar-refractivity contribution is -0.168. The van der Waals surface area contributed by atoms with Crippen molar-refractivity contribution in [1.82, 2.24) is 14.7 Å². The number of rotatable bonds is 11. The largest absolute Gasteiger partial charge is 0.481 e. The van der Waals surface area contributed by atoms with Crippen LogP contribution in [0, 0.1) is 11.8 Å². The van der Waals surface area contributed by atoms with E-state index in [0.717, 1.165) is 0 Å². The van der Waals surface area contributed by atoms with Gasteiger partial charge in [0.05, 0.1) is 37.6 Å². The highest BCUT2D eigenvalue weighted by Gasteiger charge is 2.51. The molecule has 0 unspecified atom stereocenters. The highest BCUT2D eigenvalue weighted by molar-refractivity contribution is 5.76. The molecule has 1 saturated heterocycles. The molecule has 0 amide bonds. The average Bonchev–Trinajstić information content (AvgIpc) is 3.03. The third kappa shape index (κ3) is 15.3. The first-order valence-corrected chi connectivity index (χ1v) is 17.5. The quantitative estimate of drug-likeness (QED) is 0.246. The van der Waals surface area contributed by atoms with Crippen LogP contribution >= 0.6 is 0 Å². The van der Waals surface area contributed by atoms with Crippen LogP contribution in [0.4, 0.5) is 0 Å². The lowest BCUT2D eigenvalue weighted by Gasteiger charge is -2.52. The third-order valence-electron chi connectivity index (χ3n) is 8.22. The Morgan fingerprint density at radius 2 is 0.918 bits per heavy atom. The Kier molecular flexibility index (Phi) is 14.3. The maximum Gasteiger partial charge on any atom is 0.320 e. The molecule has 13 heteroatoms. The molecule has 0 radical (unpaired) electrons. The van der Waals surface area contributed by atoms with E-state index in [2.05, 4.69) is 0 Å². The molecule has 0 aromatic rings. The Hall–Kier alpha value is -2.77. The van der Waals surface area contributed by atoms with Crippen molar-refractivity contribution in [2.75, 3.05) is 52.4 Å². The van der Waals surface area contributed by atoms with Crippen LogP contribution < -0.4 is 0 Å².